The number of carboxylic acid groups (broad SMARTS) is 1. The Bertz CT molecular complexity index is 428. The number of aliphatic carboxylic acids is 1. The van der Waals surface area contributed by atoms with Gasteiger partial charge in [0.05, 0.1) is 0 Å². The first-order valence-electron chi connectivity index (χ1n) is 5.51. The Balaban J connectivity index is 2.30. The first-order chi connectivity index (χ1) is 8.59. The maximum Gasteiger partial charge on any atom is 0.332 e. The summed E-state index contributed by atoms with van der Waals surface area (Å²) < 4.78 is 0. The summed E-state index contributed by atoms with van der Waals surface area (Å²) in [6, 6.07) is 9.32. The van der Waals surface area contributed by atoms with Gasteiger partial charge >= 0.3 is 5.97 Å². The van der Waals surface area contributed by atoms with Crippen molar-refractivity contribution in [3.63, 3.8) is 0 Å². The van der Waals surface area contributed by atoms with Gasteiger partial charge in [0.1, 0.15) is 0 Å². The smallest absolute Gasteiger partial charge is 0.332 e. The minimum Gasteiger partial charge on any atom is -0.479 e. The zero-order chi connectivity index (χ0) is 13.4. The lowest BCUT2D eigenvalue weighted by molar-refractivity contribution is -0.147. The number of hydrogen-bond acceptors (Lipinski definition) is 3. The second kappa shape index (κ2) is 7.24. The topological polar surface area (TPSA) is 86.6 Å². The Kier molecular flexibility index (Phi) is 5.60. The summed E-state index contributed by atoms with van der Waals surface area (Å²) in [4.78, 5) is 21.6. The second-order valence-corrected chi connectivity index (χ2v) is 3.68. The first kappa shape index (κ1) is 13.9. The fourth-order valence-electron chi connectivity index (χ4n) is 1.25. The van der Waals surface area contributed by atoms with E-state index in [1.807, 2.05) is 30.3 Å². The third-order valence-electron chi connectivity index (χ3n) is 2.23. The normalized spacial score (nSPS) is 12.3. The van der Waals surface area contributed by atoms with Crippen LogP contribution in [-0.4, -0.2) is 34.7 Å². The molecule has 1 amide bonds. The Labute approximate surface area is 105 Å². The highest BCUT2D eigenvalue weighted by Gasteiger charge is 2.12. The minimum atomic E-state index is -1.44. The van der Waals surface area contributed by atoms with E-state index < -0.39 is 12.1 Å². The Morgan fingerprint density at radius 2 is 1.94 bits per heavy atom. The first-order valence-corrected chi connectivity index (χ1v) is 5.51. The van der Waals surface area contributed by atoms with Crippen molar-refractivity contribution in [1.82, 2.24) is 5.32 Å². The van der Waals surface area contributed by atoms with Crippen LogP contribution < -0.4 is 5.32 Å². The molecule has 5 nitrogen and oxygen atoms in total. The molecule has 0 aliphatic carbocycles. The summed E-state index contributed by atoms with van der Waals surface area (Å²) in [7, 11) is 0. The number of benzene rings is 1. The van der Waals surface area contributed by atoms with Crippen LogP contribution in [0.1, 0.15) is 12.0 Å². The van der Waals surface area contributed by atoms with Crippen LogP contribution in [0.15, 0.2) is 36.4 Å². The van der Waals surface area contributed by atoms with Crippen LogP contribution in [-0.2, 0) is 9.59 Å². The number of amides is 1. The van der Waals surface area contributed by atoms with Gasteiger partial charge < -0.3 is 15.5 Å². The molecule has 5 heteroatoms. The predicted octanol–water partition coefficient (Wildman–Crippen LogP) is 0.652. The Morgan fingerprint density at radius 3 is 2.56 bits per heavy atom. The molecule has 0 unspecified atom stereocenters. The lowest BCUT2D eigenvalue weighted by Gasteiger charge is -2.05. The van der Waals surface area contributed by atoms with E-state index in [1.165, 1.54) is 6.08 Å². The number of hydrogen-bond donors (Lipinski definition) is 3. The molecule has 0 radical (unpaired) electrons. The maximum absolute atomic E-state index is 11.3. The molecule has 0 aliphatic rings. The van der Waals surface area contributed by atoms with Gasteiger partial charge in [-0.05, 0) is 11.6 Å². The van der Waals surface area contributed by atoms with Gasteiger partial charge in [-0.1, -0.05) is 30.3 Å². The van der Waals surface area contributed by atoms with Gasteiger partial charge in [0.15, 0.2) is 6.10 Å². The number of carbonyl (C=O) groups excluding carboxylic acids is 1. The summed E-state index contributed by atoms with van der Waals surface area (Å²) in [6.45, 7) is 0.116. The van der Waals surface area contributed by atoms with E-state index in [4.69, 9.17) is 10.2 Å². The van der Waals surface area contributed by atoms with Crippen LogP contribution in [0.25, 0.3) is 6.08 Å². The van der Waals surface area contributed by atoms with Gasteiger partial charge in [0.25, 0.3) is 0 Å². The lowest BCUT2D eigenvalue weighted by atomic mass is 10.2. The predicted molar refractivity (Wildman–Crippen MR) is 66.7 cm³/mol. The molecule has 1 aromatic carbocycles. The quantitative estimate of drug-likeness (QED) is 0.646. The number of aliphatic hydroxyl groups is 1. The van der Waals surface area contributed by atoms with Crippen LogP contribution in [0.2, 0.25) is 0 Å². The van der Waals surface area contributed by atoms with Gasteiger partial charge in [0.2, 0.25) is 5.91 Å². The maximum atomic E-state index is 11.3. The van der Waals surface area contributed by atoms with E-state index in [0.717, 1.165) is 5.56 Å². The SMILES string of the molecule is O=C(/C=C/c1ccccc1)NCC[C@H](O)C(=O)O. The molecule has 1 rings (SSSR count). The van der Waals surface area contributed by atoms with Crippen molar-refractivity contribution in [2.24, 2.45) is 0 Å². The molecule has 1 aromatic rings. The van der Waals surface area contributed by atoms with Crippen LogP contribution in [0.4, 0.5) is 0 Å². The molecule has 0 fully saturated rings. The van der Waals surface area contributed by atoms with Gasteiger partial charge in [-0.2, -0.15) is 0 Å². The van der Waals surface area contributed by atoms with E-state index in [1.54, 1.807) is 6.08 Å². The van der Waals surface area contributed by atoms with E-state index in [-0.39, 0.29) is 18.9 Å². The molecule has 0 aliphatic heterocycles. The Hall–Kier alpha value is -2.14. The number of carbonyl (C=O) groups is 2. The zero-order valence-electron chi connectivity index (χ0n) is 9.74. The highest BCUT2D eigenvalue weighted by atomic mass is 16.4. The standard InChI is InChI=1S/C13H15NO4/c15-11(13(17)18)8-9-14-12(16)7-6-10-4-2-1-3-5-10/h1-7,11,15H,8-9H2,(H,14,16)(H,17,18)/b7-6+/t11-/m0/s1. The van der Waals surface area contributed by atoms with Crippen molar-refractivity contribution in [3.05, 3.63) is 42.0 Å². The average molecular weight is 249 g/mol. The summed E-state index contributed by atoms with van der Waals surface area (Å²) in [5.41, 5.74) is 0.901. The highest BCUT2D eigenvalue weighted by Crippen LogP contribution is 2.00. The number of carboxylic acids is 1. The van der Waals surface area contributed by atoms with Gasteiger partial charge in [-0.25, -0.2) is 4.79 Å². The molecule has 3 N–H and O–H groups in total. The average Bonchev–Trinajstić information content (AvgIpc) is 2.37. The molecular formula is C13H15NO4. The monoisotopic (exact) mass is 249 g/mol. The van der Waals surface area contributed by atoms with Gasteiger partial charge in [-0.15, -0.1) is 0 Å². The summed E-state index contributed by atoms with van der Waals surface area (Å²) in [5, 5.41) is 19.9. The summed E-state index contributed by atoms with van der Waals surface area (Å²) in [6.07, 6.45) is 1.56. The molecule has 1 atom stereocenters. The number of aliphatic hydroxyl groups excluding tert-OH is 1. The summed E-state index contributed by atoms with van der Waals surface area (Å²) >= 11 is 0. The number of nitrogens with one attached hydrogen (secondary N) is 1. The third kappa shape index (κ3) is 5.27. The van der Waals surface area contributed by atoms with Crippen molar-refractivity contribution in [1.29, 1.82) is 0 Å². The largest absolute Gasteiger partial charge is 0.479 e. The van der Waals surface area contributed by atoms with Gasteiger partial charge in [0, 0.05) is 19.0 Å². The highest BCUT2D eigenvalue weighted by molar-refractivity contribution is 5.91. The molecular weight excluding hydrogens is 234 g/mol. The molecule has 0 saturated heterocycles. The summed E-state index contributed by atoms with van der Waals surface area (Å²) in [5.74, 6) is -1.61. The van der Waals surface area contributed by atoms with Crippen LogP contribution >= 0.6 is 0 Å². The molecule has 0 spiro atoms. The molecule has 0 aromatic heterocycles. The van der Waals surface area contributed by atoms with Crippen molar-refractivity contribution in [2.75, 3.05) is 6.54 Å². The molecule has 96 valence electrons. The molecule has 0 heterocycles. The van der Waals surface area contributed by atoms with Gasteiger partial charge in [-0.3, -0.25) is 4.79 Å². The lowest BCUT2D eigenvalue weighted by Crippen LogP contribution is -2.28. The van der Waals surface area contributed by atoms with Crippen molar-refractivity contribution in [2.45, 2.75) is 12.5 Å². The van der Waals surface area contributed by atoms with E-state index in [9.17, 15) is 9.59 Å². The van der Waals surface area contributed by atoms with E-state index in [2.05, 4.69) is 5.32 Å². The number of rotatable bonds is 6. The van der Waals surface area contributed by atoms with Crippen molar-refractivity contribution >= 4 is 18.0 Å². The zero-order valence-corrected chi connectivity index (χ0v) is 9.74. The van der Waals surface area contributed by atoms with E-state index in [0.29, 0.717) is 0 Å². The van der Waals surface area contributed by atoms with Crippen molar-refractivity contribution in [3.8, 4) is 0 Å². The van der Waals surface area contributed by atoms with Crippen LogP contribution in [0, 0.1) is 0 Å². The molecule has 0 saturated carbocycles. The minimum absolute atomic E-state index is 0.0136. The second-order valence-electron chi connectivity index (χ2n) is 3.68. The van der Waals surface area contributed by atoms with E-state index >= 15 is 0 Å². The third-order valence-corrected chi connectivity index (χ3v) is 2.23. The van der Waals surface area contributed by atoms with Crippen LogP contribution in [0.5, 0.6) is 0 Å². The fraction of sp³-hybridized carbons (Fsp3) is 0.231. The molecule has 0 bridgehead atoms. The fourth-order valence-corrected chi connectivity index (χ4v) is 1.25. The molecule has 18 heavy (non-hydrogen) atoms. The Morgan fingerprint density at radius 1 is 1.28 bits per heavy atom. The van der Waals surface area contributed by atoms with Crippen LogP contribution in [0.3, 0.4) is 0 Å². The van der Waals surface area contributed by atoms with Crippen molar-refractivity contribution < 1.29 is 19.8 Å².